The van der Waals surface area contributed by atoms with Gasteiger partial charge in [0.2, 0.25) is 5.88 Å². The van der Waals surface area contributed by atoms with E-state index >= 15 is 0 Å². The van der Waals surface area contributed by atoms with Gasteiger partial charge < -0.3 is 15.2 Å². The molecule has 0 atom stereocenters. The lowest BCUT2D eigenvalue weighted by molar-refractivity contribution is -0.138. The normalized spacial score (nSPS) is 11.4. The molecule has 0 aliphatic rings. The largest absolute Gasteiger partial charge is 0.478 e. The number of esters is 1. The average molecular weight is 240 g/mol. The number of carbonyl (C=O) groups is 1. The van der Waals surface area contributed by atoms with Crippen LogP contribution in [-0.4, -0.2) is 19.2 Å². The Labute approximate surface area is 102 Å². The molecule has 5 nitrogen and oxygen atoms in total. The molecule has 0 aliphatic carbocycles. The fourth-order valence-corrected chi connectivity index (χ4v) is 0.981. The number of hydrogen-bond donors (Lipinski definition) is 1. The average Bonchev–Trinajstić information content (AvgIpc) is 2.30. The summed E-state index contributed by atoms with van der Waals surface area (Å²) in [6, 6.07) is 1.71. The van der Waals surface area contributed by atoms with Crippen molar-refractivity contribution in [3.05, 3.63) is 11.5 Å². The molecule has 0 heterocycles. The van der Waals surface area contributed by atoms with Crippen LogP contribution in [0.1, 0.15) is 39.5 Å². The van der Waals surface area contributed by atoms with Crippen LogP contribution in [0.15, 0.2) is 11.5 Å². The summed E-state index contributed by atoms with van der Waals surface area (Å²) >= 11 is 0. The van der Waals surface area contributed by atoms with E-state index in [9.17, 15) is 4.79 Å². The van der Waals surface area contributed by atoms with Crippen LogP contribution in [0.2, 0.25) is 0 Å². The van der Waals surface area contributed by atoms with Crippen molar-refractivity contribution in [2.24, 2.45) is 5.73 Å². The summed E-state index contributed by atoms with van der Waals surface area (Å²) in [6.45, 7) is 4.68. The number of nitrogens with two attached hydrogens (primary N) is 1. The van der Waals surface area contributed by atoms with Crippen LogP contribution in [-0.2, 0) is 14.3 Å². The van der Waals surface area contributed by atoms with Gasteiger partial charge in [0, 0.05) is 0 Å². The Kier molecular flexibility index (Phi) is 8.57. The van der Waals surface area contributed by atoms with Crippen molar-refractivity contribution in [3.8, 4) is 6.07 Å². The summed E-state index contributed by atoms with van der Waals surface area (Å²) in [7, 11) is 0. The van der Waals surface area contributed by atoms with Gasteiger partial charge in [-0.05, 0) is 12.8 Å². The van der Waals surface area contributed by atoms with E-state index in [1.54, 1.807) is 6.07 Å². The van der Waals surface area contributed by atoms with E-state index in [-0.39, 0.29) is 11.5 Å². The summed E-state index contributed by atoms with van der Waals surface area (Å²) in [5.41, 5.74) is 5.26. The minimum Gasteiger partial charge on any atom is -0.478 e. The summed E-state index contributed by atoms with van der Waals surface area (Å²) in [6.07, 6.45) is 3.46. The molecule has 0 aromatic heterocycles. The van der Waals surface area contributed by atoms with Gasteiger partial charge in [-0.15, -0.1) is 0 Å². The standard InChI is InChI=1S/C12H20N2O3/c1-3-5-7-16-11(14)10(9-13)12(15)17-8-6-4-2/h3-8,14H2,1-2H3/b11-10+. The Morgan fingerprint density at radius 1 is 1.18 bits per heavy atom. The van der Waals surface area contributed by atoms with Crippen LogP contribution in [0.4, 0.5) is 0 Å². The lowest BCUT2D eigenvalue weighted by Gasteiger charge is -2.07. The Morgan fingerprint density at radius 2 is 1.71 bits per heavy atom. The quantitative estimate of drug-likeness (QED) is 0.230. The maximum Gasteiger partial charge on any atom is 0.354 e. The monoisotopic (exact) mass is 240 g/mol. The van der Waals surface area contributed by atoms with Gasteiger partial charge in [0.15, 0.2) is 5.57 Å². The SMILES string of the molecule is CCCCOC(=O)/C(C#N)=C(\N)OCCCC. The lowest BCUT2D eigenvalue weighted by Crippen LogP contribution is -2.16. The molecule has 96 valence electrons. The van der Waals surface area contributed by atoms with Crippen molar-refractivity contribution in [2.45, 2.75) is 39.5 Å². The third kappa shape index (κ3) is 6.46. The van der Waals surface area contributed by atoms with Crippen LogP contribution in [0, 0.1) is 11.3 Å². The molecule has 0 spiro atoms. The van der Waals surface area contributed by atoms with Gasteiger partial charge in [-0.25, -0.2) is 4.79 Å². The molecule has 0 radical (unpaired) electrons. The van der Waals surface area contributed by atoms with Crippen molar-refractivity contribution >= 4 is 5.97 Å². The molecule has 0 fully saturated rings. The van der Waals surface area contributed by atoms with Crippen molar-refractivity contribution < 1.29 is 14.3 Å². The number of rotatable bonds is 8. The van der Waals surface area contributed by atoms with Gasteiger partial charge in [0.05, 0.1) is 13.2 Å². The first-order valence-corrected chi connectivity index (χ1v) is 5.87. The first-order chi connectivity index (χ1) is 8.17. The van der Waals surface area contributed by atoms with Gasteiger partial charge in [0.25, 0.3) is 0 Å². The predicted molar refractivity (Wildman–Crippen MR) is 63.6 cm³/mol. The number of hydrogen-bond acceptors (Lipinski definition) is 5. The summed E-state index contributed by atoms with van der Waals surface area (Å²) in [5, 5.41) is 8.81. The minimum atomic E-state index is -0.713. The zero-order valence-corrected chi connectivity index (χ0v) is 10.5. The Morgan fingerprint density at radius 3 is 2.18 bits per heavy atom. The Balaban J connectivity index is 4.31. The molecule has 0 rings (SSSR count). The molecule has 0 saturated heterocycles. The molecule has 5 heteroatoms. The first kappa shape index (κ1) is 15.3. The van der Waals surface area contributed by atoms with Crippen molar-refractivity contribution in [2.75, 3.05) is 13.2 Å². The van der Waals surface area contributed by atoms with Gasteiger partial charge >= 0.3 is 5.97 Å². The molecule has 0 saturated carbocycles. The molecule has 17 heavy (non-hydrogen) atoms. The summed E-state index contributed by atoms with van der Waals surface area (Å²) in [4.78, 5) is 11.5. The van der Waals surface area contributed by atoms with Gasteiger partial charge in [0.1, 0.15) is 6.07 Å². The second kappa shape index (κ2) is 9.52. The highest BCUT2D eigenvalue weighted by Crippen LogP contribution is 2.04. The molecule has 0 unspecified atom stereocenters. The van der Waals surface area contributed by atoms with Crippen LogP contribution >= 0.6 is 0 Å². The van der Waals surface area contributed by atoms with E-state index in [0.717, 1.165) is 25.7 Å². The van der Waals surface area contributed by atoms with E-state index in [1.807, 2.05) is 13.8 Å². The third-order valence-corrected chi connectivity index (χ3v) is 2.05. The topological polar surface area (TPSA) is 85.3 Å². The minimum absolute atomic E-state index is 0.151. The summed E-state index contributed by atoms with van der Waals surface area (Å²) < 4.78 is 9.98. The van der Waals surface area contributed by atoms with Gasteiger partial charge in [-0.1, -0.05) is 26.7 Å². The van der Waals surface area contributed by atoms with Crippen LogP contribution in [0.3, 0.4) is 0 Å². The summed E-state index contributed by atoms with van der Waals surface area (Å²) in [5.74, 6) is -0.864. The van der Waals surface area contributed by atoms with Gasteiger partial charge in [-0.2, -0.15) is 5.26 Å². The molecule has 0 aromatic rings. The number of carbonyl (C=O) groups excluding carboxylic acids is 1. The van der Waals surface area contributed by atoms with E-state index in [4.69, 9.17) is 20.5 Å². The molecule has 0 aliphatic heterocycles. The fourth-order valence-electron chi connectivity index (χ4n) is 0.981. The maximum atomic E-state index is 11.5. The number of nitriles is 1. The Hall–Kier alpha value is -1.70. The van der Waals surface area contributed by atoms with Crippen molar-refractivity contribution in [1.82, 2.24) is 0 Å². The van der Waals surface area contributed by atoms with Crippen LogP contribution in [0.25, 0.3) is 0 Å². The molecule has 0 amide bonds. The van der Waals surface area contributed by atoms with E-state index in [2.05, 4.69) is 0 Å². The molecular weight excluding hydrogens is 220 g/mol. The maximum absolute atomic E-state index is 11.5. The van der Waals surface area contributed by atoms with Gasteiger partial charge in [-0.3, -0.25) is 0 Å². The molecule has 0 bridgehead atoms. The van der Waals surface area contributed by atoms with E-state index < -0.39 is 5.97 Å². The number of unbranched alkanes of at least 4 members (excludes halogenated alkanes) is 2. The lowest BCUT2D eigenvalue weighted by atomic mass is 10.3. The molecule has 0 aromatic carbocycles. The highest BCUT2D eigenvalue weighted by atomic mass is 16.5. The van der Waals surface area contributed by atoms with E-state index in [1.165, 1.54) is 0 Å². The van der Waals surface area contributed by atoms with Crippen molar-refractivity contribution in [3.63, 3.8) is 0 Å². The van der Waals surface area contributed by atoms with Crippen LogP contribution in [0.5, 0.6) is 0 Å². The molecular formula is C12H20N2O3. The first-order valence-electron chi connectivity index (χ1n) is 5.87. The van der Waals surface area contributed by atoms with E-state index in [0.29, 0.717) is 13.2 Å². The van der Waals surface area contributed by atoms with Crippen molar-refractivity contribution in [1.29, 1.82) is 5.26 Å². The number of nitrogens with zero attached hydrogens (tertiary/aromatic N) is 1. The second-order valence-corrected chi connectivity index (χ2v) is 3.54. The zero-order valence-electron chi connectivity index (χ0n) is 10.5. The highest BCUT2D eigenvalue weighted by molar-refractivity contribution is 5.93. The fraction of sp³-hybridized carbons (Fsp3) is 0.667. The smallest absolute Gasteiger partial charge is 0.354 e. The Bertz CT molecular complexity index is 305. The zero-order chi connectivity index (χ0) is 13.1. The predicted octanol–water partition coefficient (Wildman–Crippen LogP) is 1.84. The highest BCUT2D eigenvalue weighted by Gasteiger charge is 2.16. The molecule has 2 N–H and O–H groups in total. The number of ether oxygens (including phenoxy) is 2. The third-order valence-electron chi connectivity index (χ3n) is 2.05. The second-order valence-electron chi connectivity index (χ2n) is 3.54. The van der Waals surface area contributed by atoms with Crippen LogP contribution < -0.4 is 5.73 Å².